The fraction of sp³-hybridized carbons (Fsp3) is 0.375. The third kappa shape index (κ3) is 4.18. The van der Waals surface area contributed by atoms with Crippen LogP contribution in [0.15, 0.2) is 48.5 Å². The maximum Gasteiger partial charge on any atom is 0.407 e. The lowest BCUT2D eigenvalue weighted by Crippen LogP contribution is -2.59. The summed E-state index contributed by atoms with van der Waals surface area (Å²) < 4.78 is 5.50. The molecule has 2 aliphatic rings. The van der Waals surface area contributed by atoms with Crippen molar-refractivity contribution in [3.05, 3.63) is 59.7 Å². The summed E-state index contributed by atoms with van der Waals surface area (Å²) in [4.78, 5) is 39.8. The van der Waals surface area contributed by atoms with E-state index in [1.54, 1.807) is 18.9 Å². The van der Waals surface area contributed by atoms with Gasteiger partial charge in [-0.3, -0.25) is 14.5 Å². The number of nitrogens with one attached hydrogen (secondary N) is 1. The van der Waals surface area contributed by atoms with Crippen LogP contribution in [0.4, 0.5) is 4.79 Å². The van der Waals surface area contributed by atoms with Crippen LogP contribution in [-0.2, 0) is 14.3 Å². The van der Waals surface area contributed by atoms with Crippen molar-refractivity contribution in [3.8, 4) is 11.1 Å². The quantitative estimate of drug-likeness (QED) is 0.744. The average Bonchev–Trinajstić information content (AvgIpc) is 3.11. The van der Waals surface area contributed by atoms with Crippen molar-refractivity contribution in [2.75, 3.05) is 33.3 Å². The number of carboxylic acid groups (broad SMARTS) is 1. The number of hydrogen-bond donors (Lipinski definition) is 2. The van der Waals surface area contributed by atoms with E-state index in [-0.39, 0.29) is 25.0 Å². The average molecular weight is 437 g/mol. The minimum atomic E-state index is -0.970. The molecule has 0 saturated carbocycles. The highest BCUT2D eigenvalue weighted by Crippen LogP contribution is 2.44. The Morgan fingerprint density at radius 1 is 1.06 bits per heavy atom. The Balaban J connectivity index is 1.35. The van der Waals surface area contributed by atoms with E-state index in [1.165, 1.54) is 4.90 Å². The lowest BCUT2D eigenvalue weighted by molar-refractivity contribution is -0.148. The van der Waals surface area contributed by atoms with Crippen LogP contribution in [0.3, 0.4) is 0 Å². The first-order valence-electron chi connectivity index (χ1n) is 10.7. The van der Waals surface area contributed by atoms with Crippen LogP contribution in [-0.4, -0.2) is 78.2 Å². The third-order valence-electron chi connectivity index (χ3n) is 6.29. The summed E-state index contributed by atoms with van der Waals surface area (Å²) >= 11 is 0. The van der Waals surface area contributed by atoms with E-state index >= 15 is 0 Å². The number of likely N-dealkylation sites (N-methyl/N-ethyl adjacent to an activating group) is 1. The molecule has 0 radical (unpaired) electrons. The topological polar surface area (TPSA) is 99.2 Å². The molecule has 2 aromatic rings. The highest BCUT2D eigenvalue weighted by molar-refractivity contribution is 5.86. The van der Waals surface area contributed by atoms with E-state index in [1.807, 2.05) is 36.4 Å². The van der Waals surface area contributed by atoms with Gasteiger partial charge in [-0.15, -0.1) is 0 Å². The summed E-state index contributed by atoms with van der Waals surface area (Å²) in [6, 6.07) is 14.6. The number of carbonyl (C=O) groups excluding carboxylic acids is 2. The van der Waals surface area contributed by atoms with E-state index in [9.17, 15) is 19.5 Å². The summed E-state index contributed by atoms with van der Waals surface area (Å²) in [5.41, 5.74) is 4.51. The minimum absolute atomic E-state index is 0.0619. The zero-order valence-corrected chi connectivity index (χ0v) is 18.2. The fourth-order valence-corrected chi connectivity index (χ4v) is 4.49. The predicted octanol–water partition coefficient (Wildman–Crippen LogP) is 2.14. The van der Waals surface area contributed by atoms with E-state index < -0.39 is 24.1 Å². The van der Waals surface area contributed by atoms with Gasteiger partial charge in [0.1, 0.15) is 18.7 Å². The summed E-state index contributed by atoms with van der Waals surface area (Å²) in [7, 11) is 1.72. The number of benzene rings is 2. The lowest BCUT2D eigenvalue weighted by Gasteiger charge is -2.38. The van der Waals surface area contributed by atoms with Crippen molar-refractivity contribution < 1.29 is 24.2 Å². The Bertz CT molecular complexity index is 994. The van der Waals surface area contributed by atoms with Gasteiger partial charge in [0.15, 0.2) is 0 Å². The number of alkyl carbamates (subject to hydrolysis) is 1. The first-order chi connectivity index (χ1) is 15.4. The van der Waals surface area contributed by atoms with Gasteiger partial charge in [-0.1, -0.05) is 48.5 Å². The van der Waals surface area contributed by atoms with Gasteiger partial charge in [0.25, 0.3) is 0 Å². The van der Waals surface area contributed by atoms with Crippen LogP contribution in [0.1, 0.15) is 24.0 Å². The van der Waals surface area contributed by atoms with Gasteiger partial charge >= 0.3 is 12.1 Å². The zero-order chi connectivity index (χ0) is 22.8. The zero-order valence-electron chi connectivity index (χ0n) is 18.2. The molecule has 1 fully saturated rings. The molecule has 1 saturated heterocycles. The number of carboxylic acids is 1. The molecule has 168 valence electrons. The first kappa shape index (κ1) is 21.8. The fourth-order valence-electron chi connectivity index (χ4n) is 4.49. The lowest BCUT2D eigenvalue weighted by atomic mass is 9.98. The van der Waals surface area contributed by atoms with Crippen LogP contribution in [0.25, 0.3) is 11.1 Å². The second-order valence-electron chi connectivity index (χ2n) is 8.31. The Kier molecular flexibility index (Phi) is 6.14. The van der Waals surface area contributed by atoms with E-state index in [4.69, 9.17) is 4.74 Å². The molecule has 1 aliphatic carbocycles. The van der Waals surface area contributed by atoms with Gasteiger partial charge < -0.3 is 20.1 Å². The first-order valence-corrected chi connectivity index (χ1v) is 10.7. The number of rotatable bonds is 5. The Hall–Kier alpha value is -3.39. The smallest absolute Gasteiger partial charge is 0.407 e. The Labute approximate surface area is 186 Å². The van der Waals surface area contributed by atoms with Gasteiger partial charge in [-0.25, -0.2) is 4.79 Å². The van der Waals surface area contributed by atoms with Crippen LogP contribution >= 0.6 is 0 Å². The monoisotopic (exact) mass is 437 g/mol. The predicted molar refractivity (Wildman–Crippen MR) is 118 cm³/mol. The van der Waals surface area contributed by atoms with E-state index in [2.05, 4.69) is 17.4 Å². The molecule has 1 heterocycles. The van der Waals surface area contributed by atoms with E-state index in [0.29, 0.717) is 13.1 Å². The van der Waals surface area contributed by atoms with Gasteiger partial charge in [0.05, 0.1) is 0 Å². The molecule has 2 aromatic carbocycles. The number of fused-ring (bicyclic) bond motifs is 3. The summed E-state index contributed by atoms with van der Waals surface area (Å²) in [6.45, 7) is 2.70. The number of nitrogens with zero attached hydrogens (tertiary/aromatic N) is 2. The Morgan fingerprint density at radius 2 is 1.66 bits per heavy atom. The molecule has 8 nitrogen and oxygen atoms in total. The molecule has 1 aliphatic heterocycles. The van der Waals surface area contributed by atoms with Gasteiger partial charge in [0, 0.05) is 25.6 Å². The molecule has 8 heteroatoms. The molecule has 2 unspecified atom stereocenters. The molecular weight excluding hydrogens is 410 g/mol. The second-order valence-corrected chi connectivity index (χ2v) is 8.31. The summed E-state index contributed by atoms with van der Waals surface area (Å²) in [6.07, 6.45) is -0.670. The van der Waals surface area contributed by atoms with Gasteiger partial charge in [-0.2, -0.15) is 0 Å². The van der Waals surface area contributed by atoms with Crippen LogP contribution in [0.2, 0.25) is 0 Å². The van der Waals surface area contributed by atoms with Crippen molar-refractivity contribution >= 4 is 18.0 Å². The number of amides is 2. The summed E-state index contributed by atoms with van der Waals surface area (Å²) in [5, 5.41) is 11.9. The summed E-state index contributed by atoms with van der Waals surface area (Å²) in [5.74, 6) is -1.35. The molecule has 0 aromatic heterocycles. The highest BCUT2D eigenvalue weighted by atomic mass is 16.5. The van der Waals surface area contributed by atoms with Crippen molar-refractivity contribution in [2.45, 2.75) is 24.9 Å². The van der Waals surface area contributed by atoms with Crippen molar-refractivity contribution in [1.29, 1.82) is 0 Å². The molecule has 2 N–H and O–H groups in total. The van der Waals surface area contributed by atoms with E-state index in [0.717, 1.165) is 22.3 Å². The number of carbonyl (C=O) groups is 3. The molecular formula is C24H27N3O5. The standard InChI is InChI=1S/C24H27N3O5/c1-15(22(28)27-12-11-26(2)21(13-27)23(29)30)25-24(31)32-14-20-18-9-5-3-7-16(18)17-8-4-6-10-19(17)20/h3-10,15,20-21H,11-14H2,1-2H3,(H,25,31)(H,29,30). The third-order valence-corrected chi connectivity index (χ3v) is 6.29. The largest absolute Gasteiger partial charge is 0.480 e. The maximum absolute atomic E-state index is 12.7. The Morgan fingerprint density at radius 3 is 2.25 bits per heavy atom. The maximum atomic E-state index is 12.7. The highest BCUT2D eigenvalue weighted by Gasteiger charge is 2.34. The number of piperazine rings is 1. The van der Waals surface area contributed by atoms with Gasteiger partial charge in [-0.05, 0) is 36.2 Å². The molecule has 32 heavy (non-hydrogen) atoms. The van der Waals surface area contributed by atoms with Crippen LogP contribution < -0.4 is 5.32 Å². The molecule has 2 amide bonds. The number of hydrogen-bond acceptors (Lipinski definition) is 5. The van der Waals surface area contributed by atoms with Crippen LogP contribution in [0.5, 0.6) is 0 Å². The van der Waals surface area contributed by atoms with Crippen molar-refractivity contribution in [3.63, 3.8) is 0 Å². The number of aliphatic carboxylic acids is 1. The van der Waals surface area contributed by atoms with Crippen molar-refractivity contribution in [1.82, 2.24) is 15.1 Å². The minimum Gasteiger partial charge on any atom is -0.480 e. The SMILES string of the molecule is CC(NC(=O)OCC1c2ccccc2-c2ccccc21)C(=O)N1CCN(C)C(C(=O)O)C1. The molecule has 2 atom stereocenters. The van der Waals surface area contributed by atoms with Gasteiger partial charge in [0.2, 0.25) is 5.91 Å². The molecule has 4 rings (SSSR count). The number of ether oxygens (including phenoxy) is 1. The molecule has 0 bridgehead atoms. The normalized spacial score (nSPS) is 19.1. The molecule has 0 spiro atoms. The second kappa shape index (κ2) is 9.00. The van der Waals surface area contributed by atoms with Crippen molar-refractivity contribution in [2.24, 2.45) is 0 Å². The van der Waals surface area contributed by atoms with Crippen LogP contribution in [0, 0.1) is 0 Å².